The van der Waals surface area contributed by atoms with Gasteiger partial charge in [-0.15, -0.1) is 0 Å². The molecule has 2 aliphatic carbocycles. The van der Waals surface area contributed by atoms with Crippen LogP contribution in [0, 0.1) is 29.4 Å². The highest BCUT2D eigenvalue weighted by Crippen LogP contribution is 2.45. The zero-order valence-electron chi connectivity index (χ0n) is 17.4. The van der Waals surface area contributed by atoms with Crippen LogP contribution in [0.25, 0.3) is 0 Å². The molecule has 0 N–H and O–H groups in total. The van der Waals surface area contributed by atoms with Crippen LogP contribution in [0.3, 0.4) is 0 Å². The first-order valence-corrected chi connectivity index (χ1v) is 11.4. The summed E-state index contributed by atoms with van der Waals surface area (Å²) in [6.45, 7) is 5.68. The molecule has 3 rings (SSSR count). The normalized spacial score (nSPS) is 28.1. The molecule has 2 fully saturated rings. The van der Waals surface area contributed by atoms with Crippen LogP contribution in [0.4, 0.5) is 8.78 Å². The SMILES string of the molecule is C=COc1ccc(C2CCC(C3CCC(CCCCC)CC3)CC2)c(F)c1F. The Morgan fingerprint density at radius 1 is 0.929 bits per heavy atom. The average Bonchev–Trinajstić information content (AvgIpc) is 2.73. The maximum absolute atomic E-state index is 14.5. The van der Waals surface area contributed by atoms with Crippen molar-refractivity contribution in [3.63, 3.8) is 0 Å². The van der Waals surface area contributed by atoms with E-state index in [0.29, 0.717) is 5.56 Å². The van der Waals surface area contributed by atoms with E-state index in [0.717, 1.165) is 49.7 Å². The van der Waals surface area contributed by atoms with E-state index < -0.39 is 11.6 Å². The molecule has 3 heteroatoms. The molecule has 0 aliphatic heterocycles. The van der Waals surface area contributed by atoms with Crippen LogP contribution in [0.5, 0.6) is 5.75 Å². The molecule has 1 aromatic carbocycles. The van der Waals surface area contributed by atoms with Crippen molar-refractivity contribution in [2.45, 2.75) is 89.9 Å². The lowest BCUT2D eigenvalue weighted by Crippen LogP contribution is -2.25. The quantitative estimate of drug-likeness (QED) is 0.321. The summed E-state index contributed by atoms with van der Waals surface area (Å²) in [4.78, 5) is 0. The molecule has 2 aliphatic rings. The summed E-state index contributed by atoms with van der Waals surface area (Å²) in [5.74, 6) is 1.01. The zero-order valence-corrected chi connectivity index (χ0v) is 17.4. The Morgan fingerprint density at radius 3 is 2.18 bits per heavy atom. The minimum Gasteiger partial charge on any atom is -0.462 e. The number of unbranched alkanes of at least 4 members (excludes halogenated alkanes) is 2. The lowest BCUT2D eigenvalue weighted by molar-refractivity contribution is 0.155. The average molecular weight is 391 g/mol. The molecule has 28 heavy (non-hydrogen) atoms. The second-order valence-corrected chi connectivity index (χ2v) is 8.95. The molecule has 0 atom stereocenters. The smallest absolute Gasteiger partial charge is 0.201 e. The molecule has 0 spiro atoms. The third-order valence-corrected chi connectivity index (χ3v) is 7.27. The summed E-state index contributed by atoms with van der Waals surface area (Å²) in [6, 6.07) is 3.23. The van der Waals surface area contributed by atoms with Gasteiger partial charge >= 0.3 is 0 Å². The third-order valence-electron chi connectivity index (χ3n) is 7.27. The van der Waals surface area contributed by atoms with Crippen molar-refractivity contribution in [2.24, 2.45) is 17.8 Å². The summed E-state index contributed by atoms with van der Waals surface area (Å²) in [5.41, 5.74) is 0.520. The highest BCUT2D eigenvalue weighted by Gasteiger charge is 2.32. The summed E-state index contributed by atoms with van der Waals surface area (Å²) < 4.78 is 33.6. The third kappa shape index (κ3) is 5.15. The van der Waals surface area contributed by atoms with E-state index in [1.165, 1.54) is 57.4 Å². The fraction of sp³-hybridized carbons (Fsp3) is 0.680. The highest BCUT2D eigenvalue weighted by molar-refractivity contribution is 5.33. The van der Waals surface area contributed by atoms with Crippen LogP contribution in [0.2, 0.25) is 0 Å². The van der Waals surface area contributed by atoms with Crippen molar-refractivity contribution in [1.82, 2.24) is 0 Å². The molecule has 0 unspecified atom stereocenters. The van der Waals surface area contributed by atoms with Gasteiger partial charge in [-0.1, -0.05) is 58.1 Å². The maximum Gasteiger partial charge on any atom is 0.201 e. The summed E-state index contributed by atoms with van der Waals surface area (Å²) in [7, 11) is 0. The Labute approximate surface area is 169 Å². The second-order valence-electron chi connectivity index (χ2n) is 8.95. The Bertz CT molecular complexity index is 626. The van der Waals surface area contributed by atoms with Crippen molar-refractivity contribution in [2.75, 3.05) is 0 Å². The maximum atomic E-state index is 14.5. The Morgan fingerprint density at radius 2 is 1.57 bits per heavy atom. The van der Waals surface area contributed by atoms with E-state index in [1.54, 1.807) is 6.07 Å². The molecule has 0 heterocycles. The van der Waals surface area contributed by atoms with E-state index in [4.69, 9.17) is 4.74 Å². The topological polar surface area (TPSA) is 9.23 Å². The van der Waals surface area contributed by atoms with Crippen molar-refractivity contribution in [3.05, 3.63) is 42.2 Å². The second kappa shape index (κ2) is 10.4. The van der Waals surface area contributed by atoms with Crippen LogP contribution in [0.15, 0.2) is 25.0 Å². The van der Waals surface area contributed by atoms with E-state index >= 15 is 0 Å². The monoisotopic (exact) mass is 390 g/mol. The van der Waals surface area contributed by atoms with Gasteiger partial charge in [-0.05, 0) is 73.8 Å². The molecular weight excluding hydrogens is 354 g/mol. The summed E-state index contributed by atoms with van der Waals surface area (Å²) in [6.07, 6.45) is 16.4. The van der Waals surface area contributed by atoms with Crippen LogP contribution < -0.4 is 4.74 Å². The highest BCUT2D eigenvalue weighted by atomic mass is 19.2. The number of rotatable bonds is 8. The standard InChI is InChI=1S/C25H36F2O/c1-3-5-6-7-18-8-10-19(11-9-18)20-12-14-21(15-13-20)22-16-17-23(28-4-2)25(27)24(22)26/h4,16-21H,2-3,5-15H2,1H3. The van der Waals surface area contributed by atoms with Gasteiger partial charge in [-0.3, -0.25) is 0 Å². The van der Waals surface area contributed by atoms with Crippen LogP contribution in [-0.4, -0.2) is 0 Å². The van der Waals surface area contributed by atoms with Gasteiger partial charge in [0.2, 0.25) is 5.82 Å². The van der Waals surface area contributed by atoms with Gasteiger partial charge in [0.05, 0.1) is 6.26 Å². The van der Waals surface area contributed by atoms with Crippen LogP contribution >= 0.6 is 0 Å². The molecule has 156 valence electrons. The lowest BCUT2D eigenvalue weighted by atomic mass is 9.68. The van der Waals surface area contributed by atoms with Gasteiger partial charge in [0, 0.05) is 0 Å². The fourth-order valence-corrected chi connectivity index (χ4v) is 5.58. The first-order chi connectivity index (χ1) is 13.6. The Hall–Kier alpha value is -1.38. The van der Waals surface area contributed by atoms with E-state index in [-0.39, 0.29) is 11.7 Å². The summed E-state index contributed by atoms with van der Waals surface area (Å²) in [5, 5.41) is 0. The zero-order chi connectivity index (χ0) is 19.9. The van der Waals surface area contributed by atoms with Gasteiger partial charge in [-0.25, -0.2) is 4.39 Å². The minimum atomic E-state index is -0.888. The van der Waals surface area contributed by atoms with Crippen LogP contribution in [-0.2, 0) is 0 Å². The van der Waals surface area contributed by atoms with Gasteiger partial charge in [-0.2, -0.15) is 4.39 Å². The molecule has 0 aromatic heterocycles. The van der Waals surface area contributed by atoms with Crippen molar-refractivity contribution >= 4 is 0 Å². The predicted octanol–water partition coefficient (Wildman–Crippen LogP) is 8.15. The van der Waals surface area contributed by atoms with Crippen molar-refractivity contribution < 1.29 is 13.5 Å². The minimum absolute atomic E-state index is 0.0827. The van der Waals surface area contributed by atoms with Crippen molar-refractivity contribution in [3.8, 4) is 5.75 Å². The van der Waals surface area contributed by atoms with E-state index in [9.17, 15) is 8.78 Å². The van der Waals surface area contributed by atoms with E-state index in [1.807, 2.05) is 0 Å². The molecule has 1 nitrogen and oxygen atoms in total. The summed E-state index contributed by atoms with van der Waals surface area (Å²) >= 11 is 0. The predicted molar refractivity (Wildman–Crippen MR) is 111 cm³/mol. The molecule has 0 amide bonds. The Balaban J connectivity index is 1.49. The van der Waals surface area contributed by atoms with E-state index in [2.05, 4.69) is 13.5 Å². The van der Waals surface area contributed by atoms with Crippen LogP contribution in [0.1, 0.15) is 95.5 Å². The number of hydrogen-bond donors (Lipinski definition) is 0. The lowest BCUT2D eigenvalue weighted by Gasteiger charge is -2.38. The number of ether oxygens (including phenoxy) is 1. The molecule has 0 bridgehead atoms. The molecule has 1 aromatic rings. The molecule has 2 saturated carbocycles. The van der Waals surface area contributed by atoms with Gasteiger partial charge in [0.25, 0.3) is 0 Å². The fourth-order valence-electron chi connectivity index (χ4n) is 5.58. The van der Waals surface area contributed by atoms with Gasteiger partial charge in [0.15, 0.2) is 11.6 Å². The number of benzene rings is 1. The first kappa shape index (κ1) is 21.3. The molecular formula is C25H36F2O. The number of halogens is 2. The number of hydrogen-bond acceptors (Lipinski definition) is 1. The largest absolute Gasteiger partial charge is 0.462 e. The Kier molecular flexibility index (Phi) is 7.93. The molecule has 0 saturated heterocycles. The van der Waals surface area contributed by atoms with Gasteiger partial charge < -0.3 is 4.74 Å². The van der Waals surface area contributed by atoms with Crippen molar-refractivity contribution in [1.29, 1.82) is 0 Å². The van der Waals surface area contributed by atoms with Gasteiger partial charge in [0.1, 0.15) is 0 Å². The molecule has 0 radical (unpaired) electrons. The first-order valence-electron chi connectivity index (χ1n) is 11.4.